The number of aryl methyl sites for hydroxylation is 1. The lowest BCUT2D eigenvalue weighted by Gasteiger charge is -2.11. The average molecular weight is 440 g/mol. The first kappa shape index (κ1) is 20.0. The van der Waals surface area contributed by atoms with E-state index in [9.17, 15) is 0 Å². The molecule has 5 aromatic rings. The lowest BCUT2D eigenvalue weighted by Crippen LogP contribution is -1.98. The number of ether oxygens (including phenoxy) is 2. The number of methoxy groups -OCH3 is 1. The third-order valence-electron chi connectivity index (χ3n) is 5.04. The summed E-state index contributed by atoms with van der Waals surface area (Å²) in [6.45, 7) is 1.91. The van der Waals surface area contributed by atoms with E-state index >= 15 is 0 Å². The Kier molecular flexibility index (Phi) is 5.44. The standard InChI is InChI=1S/C26H21N3O2S/c1-17-27-25(29-19-10-14-22(15-11-19)31-21-6-4-3-5-7-21)24-23(16-32-26(24)28-17)18-8-12-20(30-2)13-9-18/h3-16H,1-2H3,(H,27,28,29). The molecule has 0 atom stereocenters. The highest BCUT2D eigenvalue weighted by atomic mass is 32.1. The van der Waals surface area contributed by atoms with Gasteiger partial charge in [0.2, 0.25) is 0 Å². The molecule has 3 aromatic carbocycles. The number of nitrogens with one attached hydrogen (secondary N) is 1. The zero-order valence-electron chi connectivity index (χ0n) is 17.7. The zero-order valence-corrected chi connectivity index (χ0v) is 18.5. The van der Waals surface area contributed by atoms with Gasteiger partial charge >= 0.3 is 0 Å². The Balaban J connectivity index is 1.46. The van der Waals surface area contributed by atoms with Crippen molar-refractivity contribution in [3.8, 4) is 28.4 Å². The van der Waals surface area contributed by atoms with Crippen LogP contribution >= 0.6 is 11.3 Å². The van der Waals surface area contributed by atoms with Gasteiger partial charge in [-0.2, -0.15) is 0 Å². The van der Waals surface area contributed by atoms with Gasteiger partial charge in [-0.25, -0.2) is 9.97 Å². The van der Waals surface area contributed by atoms with E-state index in [0.29, 0.717) is 0 Å². The van der Waals surface area contributed by atoms with Crippen molar-refractivity contribution >= 4 is 33.1 Å². The van der Waals surface area contributed by atoms with E-state index in [4.69, 9.17) is 14.5 Å². The molecule has 0 aliphatic heterocycles. The second-order valence-corrected chi connectivity index (χ2v) is 8.10. The van der Waals surface area contributed by atoms with Crippen LogP contribution in [0.4, 0.5) is 11.5 Å². The SMILES string of the molecule is COc1ccc(-c2csc3nc(C)nc(Nc4ccc(Oc5ccccc5)cc4)c23)cc1. The van der Waals surface area contributed by atoms with E-state index < -0.39 is 0 Å². The molecule has 0 saturated heterocycles. The van der Waals surface area contributed by atoms with Crippen molar-refractivity contribution < 1.29 is 9.47 Å². The predicted octanol–water partition coefficient (Wildman–Crippen LogP) is 7.21. The molecule has 0 spiro atoms. The molecule has 0 aliphatic rings. The molecule has 5 rings (SSSR count). The van der Waals surface area contributed by atoms with Crippen LogP contribution in [0.1, 0.15) is 5.82 Å². The lowest BCUT2D eigenvalue weighted by atomic mass is 10.1. The number of nitrogens with zero attached hydrogens (tertiary/aromatic N) is 2. The summed E-state index contributed by atoms with van der Waals surface area (Å²) >= 11 is 1.62. The van der Waals surface area contributed by atoms with Gasteiger partial charge in [-0.05, 0) is 61.0 Å². The van der Waals surface area contributed by atoms with Gasteiger partial charge < -0.3 is 14.8 Å². The van der Waals surface area contributed by atoms with Crippen molar-refractivity contribution in [2.75, 3.05) is 12.4 Å². The van der Waals surface area contributed by atoms with Gasteiger partial charge in [0.05, 0.1) is 12.5 Å². The minimum absolute atomic E-state index is 0.729. The van der Waals surface area contributed by atoms with Crippen LogP contribution in [-0.4, -0.2) is 17.1 Å². The molecule has 0 fully saturated rings. The summed E-state index contributed by atoms with van der Waals surface area (Å²) < 4.78 is 11.2. The number of rotatable bonds is 6. The third-order valence-corrected chi connectivity index (χ3v) is 5.91. The second-order valence-electron chi connectivity index (χ2n) is 7.24. The number of thiophene rings is 1. The van der Waals surface area contributed by atoms with Gasteiger partial charge in [-0.15, -0.1) is 11.3 Å². The first-order valence-electron chi connectivity index (χ1n) is 10.2. The number of hydrogen-bond donors (Lipinski definition) is 1. The topological polar surface area (TPSA) is 56.3 Å². The maximum Gasteiger partial charge on any atom is 0.143 e. The largest absolute Gasteiger partial charge is 0.497 e. The number of benzene rings is 3. The van der Waals surface area contributed by atoms with Crippen molar-refractivity contribution in [3.63, 3.8) is 0 Å². The van der Waals surface area contributed by atoms with Crippen LogP contribution in [0.5, 0.6) is 17.2 Å². The van der Waals surface area contributed by atoms with E-state index in [1.54, 1.807) is 18.4 Å². The number of para-hydroxylation sites is 1. The molecule has 1 N–H and O–H groups in total. The number of anilines is 2. The van der Waals surface area contributed by atoms with Crippen molar-refractivity contribution in [2.24, 2.45) is 0 Å². The van der Waals surface area contributed by atoms with Crippen LogP contribution in [0.3, 0.4) is 0 Å². The molecule has 0 aliphatic carbocycles. The number of aromatic nitrogens is 2. The fourth-order valence-electron chi connectivity index (χ4n) is 3.49. The number of hydrogen-bond acceptors (Lipinski definition) is 6. The first-order chi connectivity index (χ1) is 15.7. The van der Waals surface area contributed by atoms with E-state index in [1.165, 1.54) is 0 Å². The minimum Gasteiger partial charge on any atom is -0.497 e. The molecular weight excluding hydrogens is 418 g/mol. The van der Waals surface area contributed by atoms with Crippen molar-refractivity contribution in [3.05, 3.63) is 90.1 Å². The maximum atomic E-state index is 5.89. The summed E-state index contributed by atoms with van der Waals surface area (Å²) in [6, 6.07) is 25.6. The van der Waals surface area contributed by atoms with Gasteiger partial charge in [0, 0.05) is 16.6 Å². The highest BCUT2D eigenvalue weighted by Crippen LogP contribution is 2.38. The van der Waals surface area contributed by atoms with Crippen molar-refractivity contribution in [1.82, 2.24) is 9.97 Å². The highest BCUT2D eigenvalue weighted by molar-refractivity contribution is 7.17. The number of fused-ring (bicyclic) bond motifs is 1. The highest BCUT2D eigenvalue weighted by Gasteiger charge is 2.15. The lowest BCUT2D eigenvalue weighted by molar-refractivity contribution is 0.415. The van der Waals surface area contributed by atoms with Crippen LogP contribution in [0.25, 0.3) is 21.3 Å². The molecule has 2 heterocycles. The van der Waals surface area contributed by atoms with E-state index in [-0.39, 0.29) is 0 Å². The van der Waals surface area contributed by atoms with Crippen LogP contribution in [0.15, 0.2) is 84.2 Å². The summed E-state index contributed by atoms with van der Waals surface area (Å²) in [4.78, 5) is 10.3. The Morgan fingerprint density at radius 3 is 2.19 bits per heavy atom. The molecule has 0 saturated carbocycles. The Morgan fingerprint density at radius 1 is 0.781 bits per heavy atom. The second kappa shape index (κ2) is 8.69. The molecule has 32 heavy (non-hydrogen) atoms. The van der Waals surface area contributed by atoms with E-state index in [0.717, 1.165) is 55.9 Å². The van der Waals surface area contributed by atoms with Crippen molar-refractivity contribution in [1.29, 1.82) is 0 Å². The third kappa shape index (κ3) is 4.13. The minimum atomic E-state index is 0.729. The predicted molar refractivity (Wildman–Crippen MR) is 130 cm³/mol. The molecule has 5 nitrogen and oxygen atoms in total. The quantitative estimate of drug-likeness (QED) is 0.303. The van der Waals surface area contributed by atoms with Crippen LogP contribution in [0, 0.1) is 6.92 Å². The van der Waals surface area contributed by atoms with Gasteiger partial charge in [0.15, 0.2) is 0 Å². The molecule has 0 unspecified atom stereocenters. The Bertz CT molecular complexity index is 1350. The van der Waals surface area contributed by atoms with Gasteiger partial charge in [0.25, 0.3) is 0 Å². The van der Waals surface area contributed by atoms with Gasteiger partial charge in [0.1, 0.15) is 33.7 Å². The molecule has 6 heteroatoms. The molecule has 158 valence electrons. The summed E-state index contributed by atoms with van der Waals surface area (Å²) in [7, 11) is 1.67. The fraction of sp³-hybridized carbons (Fsp3) is 0.0769. The maximum absolute atomic E-state index is 5.89. The van der Waals surface area contributed by atoms with Crippen LogP contribution in [0.2, 0.25) is 0 Å². The zero-order chi connectivity index (χ0) is 21.9. The van der Waals surface area contributed by atoms with E-state index in [2.05, 4.69) is 27.8 Å². The smallest absolute Gasteiger partial charge is 0.143 e. The van der Waals surface area contributed by atoms with E-state index in [1.807, 2.05) is 73.7 Å². The molecule has 0 radical (unpaired) electrons. The Hall–Kier alpha value is -3.90. The summed E-state index contributed by atoms with van der Waals surface area (Å²) in [6.07, 6.45) is 0. The van der Waals surface area contributed by atoms with Crippen LogP contribution < -0.4 is 14.8 Å². The molecule has 0 amide bonds. The summed E-state index contributed by atoms with van der Waals surface area (Å²) in [5.74, 6) is 3.93. The van der Waals surface area contributed by atoms with Gasteiger partial charge in [-0.3, -0.25) is 0 Å². The van der Waals surface area contributed by atoms with Gasteiger partial charge in [-0.1, -0.05) is 30.3 Å². The fourth-order valence-corrected chi connectivity index (χ4v) is 4.48. The summed E-state index contributed by atoms with van der Waals surface area (Å²) in [5, 5.41) is 6.61. The van der Waals surface area contributed by atoms with Crippen LogP contribution in [-0.2, 0) is 0 Å². The normalized spacial score (nSPS) is 10.8. The molecular formula is C26H21N3O2S. The first-order valence-corrected chi connectivity index (χ1v) is 11.1. The Morgan fingerprint density at radius 2 is 1.47 bits per heavy atom. The van der Waals surface area contributed by atoms with Crippen molar-refractivity contribution in [2.45, 2.75) is 6.92 Å². The Labute approximate surface area is 190 Å². The molecule has 2 aromatic heterocycles. The summed E-state index contributed by atoms with van der Waals surface area (Å²) in [5.41, 5.74) is 3.12. The monoisotopic (exact) mass is 439 g/mol. The molecule has 0 bridgehead atoms. The average Bonchev–Trinajstić information content (AvgIpc) is 3.25.